The molecule has 1 unspecified atom stereocenters. The molecule has 0 aliphatic rings. The van der Waals surface area contributed by atoms with Crippen molar-refractivity contribution < 1.29 is 14.2 Å². The minimum atomic E-state index is -1.22. The quantitative estimate of drug-likeness (QED) is 0.776. The highest BCUT2D eigenvalue weighted by Gasteiger charge is 2.13. The van der Waals surface area contributed by atoms with Crippen molar-refractivity contribution in [1.82, 2.24) is 0 Å². The van der Waals surface area contributed by atoms with E-state index in [1.807, 2.05) is 0 Å². The summed E-state index contributed by atoms with van der Waals surface area (Å²) in [5, 5.41) is 9.46. The Balaban J connectivity index is 2.88. The smallest absolute Gasteiger partial charge is 0.130 e. The fourth-order valence-corrected chi connectivity index (χ4v) is 1.22. The monoisotopic (exact) mass is 199 g/mol. The van der Waals surface area contributed by atoms with Crippen LogP contribution in [-0.4, -0.2) is 18.8 Å². The Morgan fingerprint density at radius 1 is 1.57 bits per heavy atom. The van der Waals surface area contributed by atoms with Gasteiger partial charge < -0.3 is 15.6 Å². The Morgan fingerprint density at radius 3 is 2.79 bits per heavy atom. The van der Waals surface area contributed by atoms with Gasteiger partial charge in [0.2, 0.25) is 0 Å². The molecule has 0 spiro atoms. The van der Waals surface area contributed by atoms with E-state index in [1.165, 1.54) is 19.2 Å². The number of methoxy groups -OCH3 is 1. The molecule has 1 rings (SSSR count). The number of alkyl halides is 1. The molecule has 78 valence electrons. The average Bonchev–Trinajstić information content (AvgIpc) is 2.17. The summed E-state index contributed by atoms with van der Waals surface area (Å²) in [6.45, 7) is 0.257. The summed E-state index contributed by atoms with van der Waals surface area (Å²) in [4.78, 5) is 0. The van der Waals surface area contributed by atoms with E-state index in [2.05, 4.69) is 0 Å². The number of phenolic OH excluding ortho intramolecular Hbond substituents is 1. The van der Waals surface area contributed by atoms with Crippen molar-refractivity contribution in [2.24, 2.45) is 5.73 Å². The third-order valence-electron chi connectivity index (χ3n) is 2.00. The second kappa shape index (κ2) is 4.81. The molecule has 0 aliphatic carbocycles. The molecule has 0 radical (unpaired) electrons. The highest BCUT2D eigenvalue weighted by atomic mass is 19.1. The minimum Gasteiger partial charge on any atom is -0.507 e. The van der Waals surface area contributed by atoms with Crippen molar-refractivity contribution in [3.05, 3.63) is 23.8 Å². The Kier molecular flexibility index (Phi) is 3.71. The summed E-state index contributed by atoms with van der Waals surface area (Å²) < 4.78 is 18.2. The van der Waals surface area contributed by atoms with E-state index < -0.39 is 6.17 Å². The molecule has 0 amide bonds. The van der Waals surface area contributed by atoms with Crippen molar-refractivity contribution >= 4 is 0 Å². The average molecular weight is 199 g/mol. The fourth-order valence-electron chi connectivity index (χ4n) is 1.22. The molecule has 1 aromatic rings. The molecule has 0 aliphatic heterocycles. The number of nitrogens with two attached hydrogens (primary N) is 1. The summed E-state index contributed by atoms with van der Waals surface area (Å²) >= 11 is 0. The van der Waals surface area contributed by atoms with Crippen LogP contribution in [0.4, 0.5) is 4.39 Å². The molecule has 0 bridgehead atoms. The number of ether oxygens (including phenoxy) is 1. The largest absolute Gasteiger partial charge is 0.507 e. The van der Waals surface area contributed by atoms with Crippen molar-refractivity contribution in [2.45, 2.75) is 12.6 Å². The van der Waals surface area contributed by atoms with Gasteiger partial charge in [0.05, 0.1) is 7.11 Å². The summed E-state index contributed by atoms with van der Waals surface area (Å²) in [6.07, 6.45) is -1.01. The summed E-state index contributed by atoms with van der Waals surface area (Å²) in [7, 11) is 1.49. The van der Waals surface area contributed by atoms with E-state index in [0.29, 0.717) is 5.75 Å². The third-order valence-corrected chi connectivity index (χ3v) is 2.00. The Bertz CT molecular complexity index is 304. The Morgan fingerprint density at radius 2 is 2.29 bits per heavy atom. The van der Waals surface area contributed by atoms with Crippen molar-refractivity contribution in [3.8, 4) is 11.5 Å². The maximum Gasteiger partial charge on any atom is 0.130 e. The molecule has 0 aromatic heterocycles. The zero-order valence-electron chi connectivity index (χ0n) is 8.03. The van der Waals surface area contributed by atoms with Crippen LogP contribution in [0.1, 0.15) is 18.2 Å². The van der Waals surface area contributed by atoms with Crippen molar-refractivity contribution in [1.29, 1.82) is 0 Å². The van der Waals surface area contributed by atoms with E-state index in [9.17, 15) is 9.50 Å². The molecule has 14 heavy (non-hydrogen) atoms. The maximum atomic E-state index is 13.4. The van der Waals surface area contributed by atoms with Gasteiger partial charge in [0.25, 0.3) is 0 Å². The lowest BCUT2D eigenvalue weighted by atomic mass is 10.1. The summed E-state index contributed by atoms with van der Waals surface area (Å²) in [5.41, 5.74) is 5.49. The van der Waals surface area contributed by atoms with Gasteiger partial charge >= 0.3 is 0 Å². The van der Waals surface area contributed by atoms with Crippen LogP contribution in [0.15, 0.2) is 18.2 Å². The zero-order chi connectivity index (χ0) is 10.6. The molecular formula is C10H14FNO2. The number of aromatic hydroxyl groups is 1. The second-order valence-corrected chi connectivity index (χ2v) is 2.97. The molecule has 0 heterocycles. The standard InChI is InChI=1S/C10H14FNO2/c1-14-7-2-3-8(10(13)6-7)9(11)4-5-12/h2-3,6,9,13H,4-5,12H2,1H3. The Labute approximate surface area is 82.3 Å². The van der Waals surface area contributed by atoms with Gasteiger partial charge in [0, 0.05) is 11.6 Å². The van der Waals surface area contributed by atoms with Gasteiger partial charge in [-0.05, 0) is 25.1 Å². The van der Waals surface area contributed by atoms with Gasteiger partial charge in [0.1, 0.15) is 17.7 Å². The number of hydrogen-bond acceptors (Lipinski definition) is 3. The van der Waals surface area contributed by atoms with E-state index >= 15 is 0 Å². The highest BCUT2D eigenvalue weighted by molar-refractivity contribution is 5.40. The predicted molar refractivity (Wildman–Crippen MR) is 52.2 cm³/mol. The molecule has 4 heteroatoms. The van der Waals surface area contributed by atoms with Crippen LogP contribution in [0.3, 0.4) is 0 Å². The van der Waals surface area contributed by atoms with E-state index in [-0.39, 0.29) is 24.3 Å². The fraction of sp³-hybridized carbons (Fsp3) is 0.400. The van der Waals surface area contributed by atoms with Crippen LogP contribution >= 0.6 is 0 Å². The molecule has 0 saturated carbocycles. The summed E-state index contributed by atoms with van der Waals surface area (Å²) in [6, 6.07) is 4.51. The van der Waals surface area contributed by atoms with E-state index in [1.54, 1.807) is 6.07 Å². The first-order valence-corrected chi connectivity index (χ1v) is 4.40. The van der Waals surface area contributed by atoms with Crippen LogP contribution in [-0.2, 0) is 0 Å². The lowest BCUT2D eigenvalue weighted by molar-refractivity contribution is 0.314. The van der Waals surface area contributed by atoms with Gasteiger partial charge in [-0.1, -0.05) is 0 Å². The number of benzene rings is 1. The predicted octanol–water partition coefficient (Wildman–Crippen LogP) is 1.76. The first kappa shape index (κ1) is 10.8. The molecule has 3 N–H and O–H groups in total. The number of halogens is 1. The molecule has 1 atom stereocenters. The molecule has 1 aromatic carbocycles. The second-order valence-electron chi connectivity index (χ2n) is 2.97. The van der Waals surface area contributed by atoms with Crippen LogP contribution in [0.25, 0.3) is 0 Å². The zero-order valence-corrected chi connectivity index (χ0v) is 8.03. The van der Waals surface area contributed by atoms with Gasteiger partial charge in [-0.2, -0.15) is 0 Å². The van der Waals surface area contributed by atoms with Crippen molar-refractivity contribution in [2.75, 3.05) is 13.7 Å². The van der Waals surface area contributed by atoms with Gasteiger partial charge in [-0.3, -0.25) is 0 Å². The van der Waals surface area contributed by atoms with E-state index in [4.69, 9.17) is 10.5 Å². The van der Waals surface area contributed by atoms with Crippen LogP contribution < -0.4 is 10.5 Å². The normalized spacial score (nSPS) is 12.5. The van der Waals surface area contributed by atoms with Gasteiger partial charge in [-0.25, -0.2) is 4.39 Å². The molecule has 0 saturated heterocycles. The van der Waals surface area contributed by atoms with E-state index in [0.717, 1.165) is 0 Å². The topological polar surface area (TPSA) is 55.5 Å². The number of phenols is 1. The SMILES string of the molecule is COc1ccc(C(F)CCN)c(O)c1. The first-order chi connectivity index (χ1) is 6.69. The van der Waals surface area contributed by atoms with Gasteiger partial charge in [-0.15, -0.1) is 0 Å². The summed E-state index contributed by atoms with van der Waals surface area (Å²) in [5.74, 6) is 0.413. The minimum absolute atomic E-state index is 0.0923. The van der Waals surface area contributed by atoms with Crippen LogP contribution in [0, 0.1) is 0 Å². The highest BCUT2D eigenvalue weighted by Crippen LogP contribution is 2.31. The van der Waals surface area contributed by atoms with Crippen LogP contribution in [0.5, 0.6) is 11.5 Å². The van der Waals surface area contributed by atoms with Gasteiger partial charge in [0.15, 0.2) is 0 Å². The Hall–Kier alpha value is -1.29. The van der Waals surface area contributed by atoms with Crippen molar-refractivity contribution in [3.63, 3.8) is 0 Å². The third kappa shape index (κ3) is 2.35. The number of hydrogen-bond donors (Lipinski definition) is 2. The number of rotatable bonds is 4. The lowest BCUT2D eigenvalue weighted by Crippen LogP contribution is -2.03. The molecule has 0 fully saturated rings. The lowest BCUT2D eigenvalue weighted by Gasteiger charge is -2.10. The maximum absolute atomic E-state index is 13.4. The first-order valence-electron chi connectivity index (χ1n) is 4.40. The molecular weight excluding hydrogens is 185 g/mol. The molecule has 3 nitrogen and oxygen atoms in total. The van der Waals surface area contributed by atoms with Crippen LogP contribution in [0.2, 0.25) is 0 Å².